The Morgan fingerprint density at radius 1 is 1.56 bits per heavy atom. The minimum absolute atomic E-state index is 0.232. The lowest BCUT2D eigenvalue weighted by Crippen LogP contribution is -2.13. The van der Waals surface area contributed by atoms with Crippen molar-refractivity contribution in [2.45, 2.75) is 6.92 Å². The minimum Gasteiger partial charge on any atom is -0.361 e. The fraction of sp³-hybridized carbons (Fsp3) is 0.100. The largest absolute Gasteiger partial charge is 0.361 e. The zero-order chi connectivity index (χ0) is 11.5. The molecule has 0 atom stereocenters. The Balaban J connectivity index is 2.17. The lowest BCUT2D eigenvalue weighted by molar-refractivity contribution is 0.101. The van der Waals surface area contributed by atoms with E-state index < -0.39 is 0 Å². The maximum absolute atomic E-state index is 11.7. The van der Waals surface area contributed by atoms with Crippen LogP contribution in [-0.2, 0) is 0 Å². The maximum Gasteiger partial charge on any atom is 0.279 e. The molecule has 82 valence electrons. The van der Waals surface area contributed by atoms with E-state index in [0.717, 1.165) is 0 Å². The van der Waals surface area contributed by atoms with Crippen molar-refractivity contribution >= 4 is 27.7 Å². The van der Waals surface area contributed by atoms with Crippen LogP contribution in [0.25, 0.3) is 0 Å². The van der Waals surface area contributed by atoms with Gasteiger partial charge >= 0.3 is 0 Å². The molecule has 0 spiro atoms. The van der Waals surface area contributed by atoms with Crippen molar-refractivity contribution in [2.24, 2.45) is 0 Å². The molecule has 1 N–H and O–H groups in total. The Kier molecular flexibility index (Phi) is 3.00. The second-order valence-electron chi connectivity index (χ2n) is 3.11. The summed E-state index contributed by atoms with van der Waals surface area (Å²) in [4.78, 5) is 15.7. The van der Waals surface area contributed by atoms with Crippen LogP contribution in [0.2, 0.25) is 0 Å². The standard InChI is InChI=1S/C10H8BrN3O2/c1-6-5-8(14-16-6)10(15)13-9-7(11)3-2-4-12-9/h2-5H,1H3,(H,12,13,15). The summed E-state index contributed by atoms with van der Waals surface area (Å²) in [6, 6.07) is 5.11. The second-order valence-corrected chi connectivity index (χ2v) is 3.97. The average molecular weight is 282 g/mol. The van der Waals surface area contributed by atoms with Gasteiger partial charge in [-0.3, -0.25) is 4.79 Å². The molecule has 0 fully saturated rings. The molecule has 2 rings (SSSR count). The molecule has 0 saturated heterocycles. The van der Waals surface area contributed by atoms with Crippen LogP contribution >= 0.6 is 15.9 Å². The Morgan fingerprint density at radius 2 is 2.38 bits per heavy atom. The monoisotopic (exact) mass is 281 g/mol. The van der Waals surface area contributed by atoms with E-state index >= 15 is 0 Å². The number of nitrogens with one attached hydrogen (secondary N) is 1. The third-order valence-corrected chi connectivity index (χ3v) is 2.49. The van der Waals surface area contributed by atoms with Gasteiger partial charge < -0.3 is 9.84 Å². The number of rotatable bonds is 2. The van der Waals surface area contributed by atoms with Crippen LogP contribution in [-0.4, -0.2) is 16.0 Å². The van der Waals surface area contributed by atoms with Crippen LogP contribution in [0.4, 0.5) is 5.82 Å². The number of amides is 1. The van der Waals surface area contributed by atoms with Crippen molar-refractivity contribution < 1.29 is 9.32 Å². The number of aryl methyl sites for hydroxylation is 1. The van der Waals surface area contributed by atoms with Gasteiger partial charge in [-0.25, -0.2) is 4.98 Å². The van der Waals surface area contributed by atoms with E-state index in [4.69, 9.17) is 4.52 Å². The summed E-state index contributed by atoms with van der Waals surface area (Å²) in [6.07, 6.45) is 1.59. The van der Waals surface area contributed by atoms with Gasteiger partial charge in [-0.05, 0) is 35.0 Å². The maximum atomic E-state index is 11.7. The Bertz CT molecular complexity index is 524. The van der Waals surface area contributed by atoms with Crippen LogP contribution < -0.4 is 5.32 Å². The highest BCUT2D eigenvalue weighted by Crippen LogP contribution is 2.18. The summed E-state index contributed by atoms with van der Waals surface area (Å²) in [5, 5.41) is 6.23. The number of nitrogens with zero attached hydrogens (tertiary/aromatic N) is 2. The van der Waals surface area contributed by atoms with Crippen LogP contribution in [0, 0.1) is 6.92 Å². The second kappa shape index (κ2) is 4.44. The van der Waals surface area contributed by atoms with E-state index in [0.29, 0.717) is 16.1 Å². The minimum atomic E-state index is -0.351. The lowest BCUT2D eigenvalue weighted by Gasteiger charge is -2.02. The molecule has 5 nitrogen and oxygen atoms in total. The van der Waals surface area contributed by atoms with Crippen molar-refractivity contribution in [3.63, 3.8) is 0 Å². The number of carbonyl (C=O) groups excluding carboxylic acids is 1. The van der Waals surface area contributed by atoms with Gasteiger partial charge in [0.25, 0.3) is 5.91 Å². The fourth-order valence-electron chi connectivity index (χ4n) is 1.12. The Hall–Kier alpha value is -1.69. The van der Waals surface area contributed by atoms with Gasteiger partial charge in [-0.2, -0.15) is 0 Å². The first-order valence-corrected chi connectivity index (χ1v) is 5.31. The van der Waals surface area contributed by atoms with Gasteiger partial charge in [0.1, 0.15) is 11.6 Å². The number of carbonyl (C=O) groups is 1. The molecule has 0 aliphatic rings. The van der Waals surface area contributed by atoms with Gasteiger partial charge in [0.05, 0.1) is 4.47 Å². The molecule has 16 heavy (non-hydrogen) atoms. The smallest absolute Gasteiger partial charge is 0.279 e. The van der Waals surface area contributed by atoms with E-state index in [-0.39, 0.29) is 11.6 Å². The van der Waals surface area contributed by atoms with E-state index in [1.54, 1.807) is 31.3 Å². The summed E-state index contributed by atoms with van der Waals surface area (Å²) in [5.74, 6) is 0.689. The number of pyridine rings is 1. The van der Waals surface area contributed by atoms with Crippen molar-refractivity contribution in [3.8, 4) is 0 Å². The van der Waals surface area contributed by atoms with Crippen LogP contribution in [0.5, 0.6) is 0 Å². The van der Waals surface area contributed by atoms with Gasteiger partial charge in [0.15, 0.2) is 5.69 Å². The Morgan fingerprint density at radius 3 is 3.00 bits per heavy atom. The van der Waals surface area contributed by atoms with Crippen molar-refractivity contribution in [1.82, 2.24) is 10.1 Å². The van der Waals surface area contributed by atoms with E-state index in [1.807, 2.05) is 0 Å². The first-order valence-electron chi connectivity index (χ1n) is 4.52. The van der Waals surface area contributed by atoms with Gasteiger partial charge in [0.2, 0.25) is 0 Å². The van der Waals surface area contributed by atoms with Crippen molar-refractivity contribution in [2.75, 3.05) is 5.32 Å². The summed E-state index contributed by atoms with van der Waals surface area (Å²) >= 11 is 3.28. The predicted molar refractivity (Wildman–Crippen MR) is 61.1 cm³/mol. The summed E-state index contributed by atoms with van der Waals surface area (Å²) in [5.41, 5.74) is 0.232. The van der Waals surface area contributed by atoms with E-state index in [9.17, 15) is 4.79 Å². The highest BCUT2D eigenvalue weighted by atomic mass is 79.9. The third kappa shape index (κ3) is 2.27. The highest BCUT2D eigenvalue weighted by molar-refractivity contribution is 9.10. The van der Waals surface area contributed by atoms with E-state index in [1.165, 1.54) is 0 Å². The van der Waals surface area contributed by atoms with Crippen LogP contribution in [0.1, 0.15) is 16.2 Å². The molecule has 0 saturated carbocycles. The van der Waals surface area contributed by atoms with Crippen molar-refractivity contribution in [3.05, 3.63) is 40.3 Å². The summed E-state index contributed by atoms with van der Waals surface area (Å²) in [7, 11) is 0. The topological polar surface area (TPSA) is 68.0 Å². The molecular formula is C10H8BrN3O2. The first-order chi connectivity index (χ1) is 7.66. The molecule has 0 aliphatic heterocycles. The Labute approximate surface area is 100.0 Å². The van der Waals surface area contributed by atoms with E-state index in [2.05, 4.69) is 31.4 Å². The normalized spacial score (nSPS) is 10.1. The molecule has 0 aliphatic carbocycles. The molecule has 6 heteroatoms. The van der Waals surface area contributed by atoms with Crippen LogP contribution in [0.15, 0.2) is 33.4 Å². The molecule has 2 aromatic rings. The molecule has 2 aromatic heterocycles. The highest BCUT2D eigenvalue weighted by Gasteiger charge is 2.12. The van der Waals surface area contributed by atoms with Crippen LogP contribution in [0.3, 0.4) is 0 Å². The fourth-order valence-corrected chi connectivity index (χ4v) is 1.48. The van der Waals surface area contributed by atoms with Gasteiger partial charge in [-0.1, -0.05) is 5.16 Å². The number of halogens is 1. The number of anilines is 1. The summed E-state index contributed by atoms with van der Waals surface area (Å²) in [6.45, 7) is 1.72. The molecule has 1 amide bonds. The van der Waals surface area contributed by atoms with Gasteiger partial charge in [0, 0.05) is 12.3 Å². The molecule has 2 heterocycles. The number of hydrogen-bond acceptors (Lipinski definition) is 4. The lowest BCUT2D eigenvalue weighted by atomic mass is 10.3. The van der Waals surface area contributed by atoms with Gasteiger partial charge in [-0.15, -0.1) is 0 Å². The van der Waals surface area contributed by atoms with Crippen molar-refractivity contribution in [1.29, 1.82) is 0 Å². The summed E-state index contributed by atoms with van der Waals surface area (Å²) < 4.78 is 5.52. The molecule has 0 radical (unpaired) electrons. The SMILES string of the molecule is Cc1cc(C(=O)Nc2ncccc2Br)no1. The zero-order valence-electron chi connectivity index (χ0n) is 8.40. The third-order valence-electron chi connectivity index (χ3n) is 1.85. The molecule has 0 unspecified atom stereocenters. The zero-order valence-corrected chi connectivity index (χ0v) is 9.98. The predicted octanol–water partition coefficient (Wildman–Crippen LogP) is 2.39. The number of aromatic nitrogens is 2. The number of hydrogen-bond donors (Lipinski definition) is 1. The molecular weight excluding hydrogens is 274 g/mol. The molecule has 0 aromatic carbocycles. The quantitative estimate of drug-likeness (QED) is 0.918. The first kappa shape index (κ1) is 10.8. The average Bonchev–Trinajstić information content (AvgIpc) is 2.68. The molecule has 0 bridgehead atoms.